The number of hydrogen-bond donors (Lipinski definition) is 1. The Morgan fingerprint density at radius 3 is 2.32 bits per heavy atom. The fraction of sp³-hybridized carbons (Fsp3) is 0.235. The van der Waals surface area contributed by atoms with Gasteiger partial charge in [0.1, 0.15) is 5.75 Å². The highest BCUT2D eigenvalue weighted by Crippen LogP contribution is 2.18. The number of nitrogens with one attached hydrogen (secondary N) is 1. The Labute approximate surface area is 147 Å². The van der Waals surface area contributed by atoms with E-state index in [4.69, 9.17) is 9.57 Å². The van der Waals surface area contributed by atoms with Crippen LogP contribution in [-0.4, -0.2) is 40.1 Å². The molecule has 0 heterocycles. The van der Waals surface area contributed by atoms with Crippen LogP contribution in [0.15, 0.2) is 53.4 Å². The average Bonchev–Trinajstić information content (AvgIpc) is 2.65. The summed E-state index contributed by atoms with van der Waals surface area (Å²) in [5.74, 6) is 0.377. The predicted molar refractivity (Wildman–Crippen MR) is 92.6 cm³/mol. The summed E-state index contributed by atoms with van der Waals surface area (Å²) in [4.78, 5) is 17.0. The molecule has 2 aromatic rings. The summed E-state index contributed by atoms with van der Waals surface area (Å²) in [6.45, 7) is 0.301. The Bertz CT molecular complexity index is 834. The monoisotopic (exact) mass is 364 g/mol. The fourth-order valence-corrected chi connectivity index (χ4v) is 3.12. The molecule has 0 spiro atoms. The molecule has 0 saturated heterocycles. The van der Waals surface area contributed by atoms with E-state index < -0.39 is 10.0 Å². The molecule has 7 nitrogen and oxygen atoms in total. The number of methoxy groups -OCH3 is 1. The minimum absolute atomic E-state index is 0.0399. The van der Waals surface area contributed by atoms with E-state index in [1.165, 1.54) is 38.4 Å². The van der Waals surface area contributed by atoms with Crippen molar-refractivity contribution in [2.45, 2.75) is 11.4 Å². The molecule has 0 saturated carbocycles. The third-order valence-electron chi connectivity index (χ3n) is 3.64. The predicted octanol–water partition coefficient (Wildman–Crippen LogP) is 1.81. The molecule has 0 unspecified atom stereocenters. The van der Waals surface area contributed by atoms with E-state index in [1.54, 1.807) is 7.11 Å². The van der Waals surface area contributed by atoms with Crippen LogP contribution in [0.1, 0.15) is 15.9 Å². The van der Waals surface area contributed by atoms with Crippen LogP contribution in [-0.2, 0) is 21.4 Å². The van der Waals surface area contributed by atoms with Crippen molar-refractivity contribution < 1.29 is 22.8 Å². The molecule has 0 bridgehead atoms. The lowest BCUT2D eigenvalue weighted by Gasteiger charge is -2.14. The number of amides is 1. The van der Waals surface area contributed by atoms with Crippen LogP contribution >= 0.6 is 0 Å². The van der Waals surface area contributed by atoms with E-state index >= 15 is 0 Å². The van der Waals surface area contributed by atoms with Crippen molar-refractivity contribution in [3.63, 3.8) is 0 Å². The van der Waals surface area contributed by atoms with Crippen molar-refractivity contribution in [1.82, 2.24) is 9.79 Å². The van der Waals surface area contributed by atoms with Gasteiger partial charge < -0.3 is 10.1 Å². The zero-order valence-electron chi connectivity index (χ0n) is 14.2. The Kier molecular flexibility index (Phi) is 6.13. The Hall–Kier alpha value is -2.42. The van der Waals surface area contributed by atoms with Gasteiger partial charge in [0.15, 0.2) is 0 Å². The number of benzene rings is 2. The van der Waals surface area contributed by atoms with Crippen molar-refractivity contribution in [2.75, 3.05) is 21.3 Å². The maximum atomic E-state index is 12.2. The lowest BCUT2D eigenvalue weighted by Crippen LogP contribution is -2.26. The van der Waals surface area contributed by atoms with Gasteiger partial charge in [-0.2, -0.15) is 0 Å². The van der Waals surface area contributed by atoms with Gasteiger partial charge in [0.2, 0.25) is 0 Å². The highest BCUT2D eigenvalue weighted by Gasteiger charge is 2.21. The summed E-state index contributed by atoms with van der Waals surface area (Å²) in [6.07, 6.45) is 0. The second kappa shape index (κ2) is 8.11. The van der Waals surface area contributed by atoms with Gasteiger partial charge in [0, 0.05) is 24.7 Å². The van der Waals surface area contributed by atoms with Crippen molar-refractivity contribution in [1.29, 1.82) is 0 Å². The van der Waals surface area contributed by atoms with Crippen molar-refractivity contribution in [2.24, 2.45) is 0 Å². The minimum Gasteiger partial charge on any atom is -0.496 e. The Morgan fingerprint density at radius 2 is 1.72 bits per heavy atom. The zero-order valence-corrected chi connectivity index (χ0v) is 15.0. The highest BCUT2D eigenvalue weighted by atomic mass is 32.2. The van der Waals surface area contributed by atoms with E-state index in [0.29, 0.717) is 17.9 Å². The number of sulfonamides is 1. The van der Waals surface area contributed by atoms with E-state index in [0.717, 1.165) is 10.0 Å². The van der Waals surface area contributed by atoms with E-state index in [1.807, 2.05) is 24.3 Å². The number of para-hydroxylation sites is 1. The first kappa shape index (κ1) is 18.9. The topological polar surface area (TPSA) is 84.9 Å². The van der Waals surface area contributed by atoms with Crippen molar-refractivity contribution in [3.05, 3.63) is 59.7 Å². The van der Waals surface area contributed by atoms with Crippen LogP contribution in [0.4, 0.5) is 0 Å². The van der Waals surface area contributed by atoms with Crippen LogP contribution < -0.4 is 10.1 Å². The number of nitrogens with zero attached hydrogens (tertiary/aromatic N) is 1. The zero-order chi connectivity index (χ0) is 18.4. The molecule has 2 aromatic carbocycles. The Balaban J connectivity index is 2.08. The van der Waals surface area contributed by atoms with E-state index in [-0.39, 0.29) is 10.8 Å². The SMILES string of the molecule is COc1ccccc1CNC(=O)c1ccc(S(=O)(=O)N(C)OC)cc1. The second-order valence-electron chi connectivity index (χ2n) is 5.12. The van der Waals surface area contributed by atoms with Gasteiger partial charge in [0.25, 0.3) is 15.9 Å². The molecular weight excluding hydrogens is 344 g/mol. The number of ether oxygens (including phenoxy) is 1. The van der Waals surface area contributed by atoms with Gasteiger partial charge in [-0.25, -0.2) is 8.42 Å². The molecule has 0 aliphatic carbocycles. The van der Waals surface area contributed by atoms with Gasteiger partial charge in [-0.15, -0.1) is 0 Å². The molecule has 0 atom stereocenters. The number of rotatable bonds is 7. The van der Waals surface area contributed by atoms with Gasteiger partial charge in [0.05, 0.1) is 19.1 Å². The van der Waals surface area contributed by atoms with Crippen molar-refractivity contribution >= 4 is 15.9 Å². The molecule has 1 N–H and O–H groups in total. The fourth-order valence-electron chi connectivity index (χ4n) is 2.15. The molecule has 2 rings (SSSR count). The minimum atomic E-state index is -3.73. The van der Waals surface area contributed by atoms with Crippen molar-refractivity contribution in [3.8, 4) is 5.75 Å². The smallest absolute Gasteiger partial charge is 0.264 e. The van der Waals surface area contributed by atoms with Gasteiger partial charge >= 0.3 is 0 Å². The summed E-state index contributed by atoms with van der Waals surface area (Å²) < 4.78 is 30.2. The summed E-state index contributed by atoms with van der Waals surface area (Å²) >= 11 is 0. The number of hydrogen-bond acceptors (Lipinski definition) is 5. The van der Waals surface area contributed by atoms with Gasteiger partial charge in [-0.05, 0) is 30.3 Å². The quantitative estimate of drug-likeness (QED) is 0.758. The maximum Gasteiger partial charge on any atom is 0.264 e. The number of carbonyl (C=O) groups is 1. The molecule has 0 aliphatic heterocycles. The summed E-state index contributed by atoms with van der Waals surface area (Å²) in [5.41, 5.74) is 1.20. The molecule has 0 aliphatic rings. The van der Waals surface area contributed by atoms with Gasteiger partial charge in [-0.1, -0.05) is 22.7 Å². The number of carbonyl (C=O) groups excluding carboxylic acids is 1. The van der Waals surface area contributed by atoms with Crippen LogP contribution in [0.25, 0.3) is 0 Å². The molecule has 0 aromatic heterocycles. The summed E-state index contributed by atoms with van der Waals surface area (Å²) in [7, 11) is 0.389. The summed E-state index contributed by atoms with van der Waals surface area (Å²) in [6, 6.07) is 13.0. The number of hydroxylamine groups is 1. The molecule has 25 heavy (non-hydrogen) atoms. The van der Waals surface area contributed by atoms with E-state index in [9.17, 15) is 13.2 Å². The largest absolute Gasteiger partial charge is 0.496 e. The third-order valence-corrected chi connectivity index (χ3v) is 5.34. The molecule has 8 heteroatoms. The lowest BCUT2D eigenvalue weighted by molar-refractivity contribution is -0.0258. The normalized spacial score (nSPS) is 11.4. The molecule has 134 valence electrons. The first-order valence-corrected chi connectivity index (χ1v) is 8.87. The van der Waals surface area contributed by atoms with Crippen LogP contribution in [0.3, 0.4) is 0 Å². The second-order valence-corrected chi connectivity index (χ2v) is 7.05. The molecule has 0 fully saturated rings. The van der Waals surface area contributed by atoms with Crippen LogP contribution in [0, 0.1) is 0 Å². The first-order chi connectivity index (χ1) is 11.9. The first-order valence-electron chi connectivity index (χ1n) is 7.43. The van der Waals surface area contributed by atoms with E-state index in [2.05, 4.69) is 5.32 Å². The standard InChI is InChI=1S/C17H20N2O5S/c1-19(24-3)25(21,22)15-10-8-13(9-11-15)17(20)18-12-14-6-4-5-7-16(14)23-2/h4-11H,12H2,1-3H3,(H,18,20). The lowest BCUT2D eigenvalue weighted by atomic mass is 10.2. The average molecular weight is 364 g/mol. The maximum absolute atomic E-state index is 12.2. The Morgan fingerprint density at radius 1 is 1.08 bits per heavy atom. The van der Waals surface area contributed by atoms with Crippen LogP contribution in [0.5, 0.6) is 5.75 Å². The molecular formula is C17H20N2O5S. The highest BCUT2D eigenvalue weighted by molar-refractivity contribution is 7.89. The molecule has 1 amide bonds. The summed E-state index contributed by atoms with van der Waals surface area (Å²) in [5, 5.41) is 2.78. The van der Waals surface area contributed by atoms with Gasteiger partial charge in [-0.3, -0.25) is 9.63 Å². The van der Waals surface area contributed by atoms with Crippen LogP contribution in [0.2, 0.25) is 0 Å². The molecule has 0 radical (unpaired) electrons. The third kappa shape index (κ3) is 4.36.